The van der Waals surface area contributed by atoms with Gasteiger partial charge in [0, 0.05) is 13.2 Å². The van der Waals surface area contributed by atoms with Gasteiger partial charge in [-0.1, -0.05) is 0 Å². The molecular formula is C11H22O5. The molecule has 0 bridgehead atoms. The fraction of sp³-hybridized carbons (Fsp3) is 0.909. The highest BCUT2D eigenvalue weighted by molar-refractivity contribution is 5.78. The van der Waals surface area contributed by atoms with E-state index in [1.807, 2.05) is 0 Å². The summed E-state index contributed by atoms with van der Waals surface area (Å²) < 4.78 is 15.1. The molecule has 16 heavy (non-hydrogen) atoms. The van der Waals surface area contributed by atoms with Gasteiger partial charge in [-0.3, -0.25) is 0 Å². The van der Waals surface area contributed by atoms with Crippen LogP contribution in [0.2, 0.25) is 0 Å². The van der Waals surface area contributed by atoms with Crippen molar-refractivity contribution in [3.8, 4) is 0 Å². The van der Waals surface area contributed by atoms with Gasteiger partial charge >= 0.3 is 5.97 Å². The summed E-state index contributed by atoms with van der Waals surface area (Å²) in [5.74, 6) is -2.84. The van der Waals surface area contributed by atoms with E-state index in [0.29, 0.717) is 6.61 Å². The van der Waals surface area contributed by atoms with E-state index < -0.39 is 17.4 Å². The summed E-state index contributed by atoms with van der Waals surface area (Å²) in [6, 6.07) is 0. The number of esters is 1. The van der Waals surface area contributed by atoms with Gasteiger partial charge in [0.15, 0.2) is 0 Å². The first-order valence-electron chi connectivity index (χ1n) is 5.42. The summed E-state index contributed by atoms with van der Waals surface area (Å²) in [6.07, 6.45) is 0. The Morgan fingerprint density at radius 1 is 1.19 bits per heavy atom. The van der Waals surface area contributed by atoms with Crippen LogP contribution in [0.1, 0.15) is 34.6 Å². The predicted molar refractivity (Wildman–Crippen MR) is 58.9 cm³/mol. The van der Waals surface area contributed by atoms with Gasteiger partial charge in [-0.25, -0.2) is 4.79 Å². The molecule has 0 saturated heterocycles. The van der Waals surface area contributed by atoms with E-state index >= 15 is 0 Å². The Balaban J connectivity index is 4.56. The van der Waals surface area contributed by atoms with Crippen molar-refractivity contribution in [3.05, 3.63) is 0 Å². The molecule has 1 atom stereocenters. The first kappa shape index (κ1) is 15.3. The number of hydrogen-bond donors (Lipinski definition) is 1. The molecule has 0 saturated carbocycles. The Morgan fingerprint density at radius 2 is 1.75 bits per heavy atom. The van der Waals surface area contributed by atoms with Crippen LogP contribution in [0.5, 0.6) is 0 Å². The second-order valence-corrected chi connectivity index (χ2v) is 4.36. The van der Waals surface area contributed by atoms with Gasteiger partial charge in [-0.15, -0.1) is 0 Å². The molecule has 0 aromatic heterocycles. The van der Waals surface area contributed by atoms with Gasteiger partial charge in [-0.2, -0.15) is 0 Å². The fourth-order valence-corrected chi connectivity index (χ4v) is 0.997. The van der Waals surface area contributed by atoms with Crippen LogP contribution in [0.15, 0.2) is 0 Å². The van der Waals surface area contributed by atoms with Gasteiger partial charge < -0.3 is 19.3 Å². The largest absolute Gasteiger partial charge is 0.456 e. The van der Waals surface area contributed by atoms with E-state index in [1.54, 1.807) is 34.6 Å². The highest BCUT2D eigenvalue weighted by atomic mass is 16.7. The summed E-state index contributed by atoms with van der Waals surface area (Å²) in [5.41, 5.74) is -0.672. The van der Waals surface area contributed by atoms with Crippen molar-refractivity contribution in [2.45, 2.75) is 46.0 Å². The summed E-state index contributed by atoms with van der Waals surface area (Å²) in [4.78, 5) is 11.7. The van der Waals surface area contributed by atoms with E-state index in [2.05, 4.69) is 0 Å². The van der Waals surface area contributed by atoms with Crippen molar-refractivity contribution in [2.75, 3.05) is 19.8 Å². The van der Waals surface area contributed by atoms with Crippen LogP contribution >= 0.6 is 0 Å². The maximum Gasteiger partial charge on any atom is 0.369 e. The molecule has 5 heteroatoms. The molecule has 1 unspecified atom stereocenters. The molecule has 0 rings (SSSR count). The third-order valence-electron chi connectivity index (χ3n) is 1.60. The average molecular weight is 234 g/mol. The second-order valence-electron chi connectivity index (χ2n) is 4.36. The summed E-state index contributed by atoms with van der Waals surface area (Å²) in [6.45, 7) is 8.96. The number of carbonyl (C=O) groups excluding carboxylic acids is 1. The van der Waals surface area contributed by atoms with E-state index in [1.165, 1.54) is 0 Å². The van der Waals surface area contributed by atoms with E-state index in [4.69, 9.17) is 14.2 Å². The molecule has 0 aromatic rings. The minimum Gasteiger partial charge on any atom is -0.456 e. The fourth-order valence-electron chi connectivity index (χ4n) is 0.997. The molecule has 0 aliphatic rings. The molecule has 0 aromatic carbocycles. The second kappa shape index (κ2) is 6.18. The van der Waals surface area contributed by atoms with Crippen molar-refractivity contribution in [1.29, 1.82) is 0 Å². The number of rotatable bonds is 6. The lowest BCUT2D eigenvalue weighted by Gasteiger charge is -2.29. The standard InChI is InChI=1S/C11H22O5/c1-6-14-8-11(13,15-7-2)9(12)16-10(3,4)5/h13H,6-8H2,1-5H3. The average Bonchev–Trinajstić information content (AvgIpc) is 2.12. The number of carbonyl (C=O) groups is 1. The molecule has 0 heterocycles. The first-order valence-corrected chi connectivity index (χ1v) is 5.42. The predicted octanol–water partition coefficient (Wildman–Crippen LogP) is 1.09. The molecule has 0 spiro atoms. The van der Waals surface area contributed by atoms with Crippen molar-refractivity contribution < 1.29 is 24.1 Å². The molecule has 0 aliphatic heterocycles. The van der Waals surface area contributed by atoms with Crippen LogP contribution in [0, 0.1) is 0 Å². The zero-order valence-electron chi connectivity index (χ0n) is 10.7. The molecule has 0 radical (unpaired) electrons. The van der Waals surface area contributed by atoms with Crippen molar-refractivity contribution in [1.82, 2.24) is 0 Å². The van der Waals surface area contributed by atoms with E-state index in [9.17, 15) is 9.90 Å². The Bertz CT molecular complexity index is 221. The summed E-state index contributed by atoms with van der Waals surface area (Å²) >= 11 is 0. The van der Waals surface area contributed by atoms with Crippen molar-refractivity contribution in [3.63, 3.8) is 0 Å². The Kier molecular flexibility index (Phi) is 5.92. The molecule has 0 fully saturated rings. The van der Waals surface area contributed by atoms with Crippen LogP contribution in [0.25, 0.3) is 0 Å². The van der Waals surface area contributed by atoms with Gasteiger partial charge in [0.1, 0.15) is 12.2 Å². The van der Waals surface area contributed by atoms with Crippen LogP contribution in [-0.2, 0) is 19.0 Å². The highest BCUT2D eigenvalue weighted by Crippen LogP contribution is 2.16. The SMILES string of the molecule is CCOCC(O)(OCC)C(=O)OC(C)(C)C. The summed E-state index contributed by atoms with van der Waals surface area (Å²) in [5, 5.41) is 9.95. The van der Waals surface area contributed by atoms with E-state index in [0.717, 1.165) is 0 Å². The third kappa shape index (κ3) is 5.44. The van der Waals surface area contributed by atoms with Crippen LogP contribution < -0.4 is 0 Å². The van der Waals surface area contributed by atoms with Crippen molar-refractivity contribution in [2.24, 2.45) is 0 Å². The lowest BCUT2D eigenvalue weighted by Crippen LogP contribution is -2.49. The zero-order valence-corrected chi connectivity index (χ0v) is 10.7. The zero-order chi connectivity index (χ0) is 12.8. The first-order chi connectivity index (χ1) is 7.25. The minimum absolute atomic E-state index is 0.197. The Labute approximate surface area is 96.7 Å². The Morgan fingerprint density at radius 3 is 2.12 bits per heavy atom. The molecular weight excluding hydrogens is 212 g/mol. The lowest BCUT2D eigenvalue weighted by atomic mass is 10.2. The van der Waals surface area contributed by atoms with Crippen LogP contribution in [0.4, 0.5) is 0 Å². The summed E-state index contributed by atoms with van der Waals surface area (Å²) in [7, 11) is 0. The van der Waals surface area contributed by atoms with Crippen molar-refractivity contribution >= 4 is 5.97 Å². The molecule has 96 valence electrons. The van der Waals surface area contributed by atoms with E-state index in [-0.39, 0.29) is 13.2 Å². The third-order valence-corrected chi connectivity index (χ3v) is 1.60. The van der Waals surface area contributed by atoms with Gasteiger partial charge in [0.05, 0.1) is 0 Å². The van der Waals surface area contributed by atoms with Crippen LogP contribution in [0.3, 0.4) is 0 Å². The lowest BCUT2D eigenvalue weighted by molar-refractivity contribution is -0.250. The molecule has 0 aliphatic carbocycles. The monoisotopic (exact) mass is 234 g/mol. The normalized spacial score (nSPS) is 15.6. The molecule has 5 nitrogen and oxygen atoms in total. The smallest absolute Gasteiger partial charge is 0.369 e. The minimum atomic E-state index is -2.02. The topological polar surface area (TPSA) is 65.0 Å². The van der Waals surface area contributed by atoms with Crippen LogP contribution in [-0.4, -0.2) is 42.3 Å². The molecule has 1 N–H and O–H groups in total. The van der Waals surface area contributed by atoms with Gasteiger partial charge in [-0.05, 0) is 34.6 Å². The maximum absolute atomic E-state index is 11.7. The number of hydrogen-bond acceptors (Lipinski definition) is 5. The maximum atomic E-state index is 11.7. The quantitative estimate of drug-likeness (QED) is 0.550. The Hall–Kier alpha value is -0.650. The highest BCUT2D eigenvalue weighted by Gasteiger charge is 2.41. The number of ether oxygens (including phenoxy) is 3. The molecule has 0 amide bonds. The van der Waals surface area contributed by atoms with Gasteiger partial charge in [0.25, 0.3) is 5.79 Å². The van der Waals surface area contributed by atoms with Gasteiger partial charge in [0.2, 0.25) is 0 Å². The number of aliphatic hydroxyl groups is 1.